The van der Waals surface area contributed by atoms with Crippen LogP contribution in [0.4, 0.5) is 4.79 Å². The highest BCUT2D eigenvalue weighted by molar-refractivity contribution is 5.75. The van der Waals surface area contributed by atoms with Gasteiger partial charge in [0.1, 0.15) is 0 Å². The van der Waals surface area contributed by atoms with Crippen molar-refractivity contribution in [1.29, 1.82) is 0 Å². The van der Waals surface area contributed by atoms with Gasteiger partial charge in [-0.1, -0.05) is 30.3 Å². The van der Waals surface area contributed by atoms with Crippen LogP contribution in [-0.4, -0.2) is 29.8 Å². The molecular weight excluding hydrogens is 276 g/mol. The lowest BCUT2D eigenvalue weighted by Gasteiger charge is -2.18. The van der Waals surface area contributed by atoms with E-state index in [0.717, 1.165) is 29.2 Å². The van der Waals surface area contributed by atoms with Crippen LogP contribution in [0.1, 0.15) is 24.8 Å². The number of urea groups is 1. The Kier molecular flexibility index (Phi) is 3.57. The van der Waals surface area contributed by atoms with Crippen molar-refractivity contribution < 1.29 is 9.90 Å². The summed E-state index contributed by atoms with van der Waals surface area (Å²) >= 11 is 0. The van der Waals surface area contributed by atoms with Crippen molar-refractivity contribution >= 4 is 6.03 Å². The zero-order valence-corrected chi connectivity index (χ0v) is 12.7. The number of carbonyl (C=O) groups is 1. The number of benzene rings is 1. The molecule has 3 aliphatic carbocycles. The van der Waals surface area contributed by atoms with E-state index in [1.54, 1.807) is 0 Å². The fourth-order valence-electron chi connectivity index (χ4n) is 4.96. The van der Waals surface area contributed by atoms with Gasteiger partial charge in [0.25, 0.3) is 0 Å². The van der Waals surface area contributed by atoms with Gasteiger partial charge in [0.2, 0.25) is 0 Å². The molecule has 4 nitrogen and oxygen atoms in total. The summed E-state index contributed by atoms with van der Waals surface area (Å²) in [6.45, 7) is -0.0366. The first-order chi connectivity index (χ1) is 10.8. The SMILES string of the molecule is O=C(NC1[C@H]2[C@H]3CC[C@@H](C3)[C@H]12)N[C@H](CO)Cc1ccccc1. The second-order valence-corrected chi connectivity index (χ2v) is 7.20. The average molecular weight is 300 g/mol. The lowest BCUT2D eigenvalue weighted by atomic mass is 10.0. The number of carbonyl (C=O) groups excluding carboxylic acids is 1. The fraction of sp³-hybridized carbons (Fsp3) is 0.611. The molecule has 118 valence electrons. The smallest absolute Gasteiger partial charge is 0.315 e. The predicted octanol–water partition coefficient (Wildman–Crippen LogP) is 1.93. The minimum absolute atomic E-state index is 0.0366. The van der Waals surface area contributed by atoms with E-state index in [-0.39, 0.29) is 18.7 Å². The van der Waals surface area contributed by atoms with E-state index in [4.69, 9.17) is 0 Å². The summed E-state index contributed by atoms with van der Waals surface area (Å²) in [5.41, 5.74) is 1.13. The third-order valence-electron chi connectivity index (χ3n) is 5.91. The van der Waals surface area contributed by atoms with Crippen molar-refractivity contribution in [3.05, 3.63) is 35.9 Å². The Hall–Kier alpha value is -1.55. The topological polar surface area (TPSA) is 61.4 Å². The molecule has 22 heavy (non-hydrogen) atoms. The van der Waals surface area contributed by atoms with Gasteiger partial charge in [0.15, 0.2) is 0 Å². The van der Waals surface area contributed by atoms with Gasteiger partial charge in [0, 0.05) is 6.04 Å². The molecule has 0 aromatic heterocycles. The minimum atomic E-state index is -0.224. The van der Waals surface area contributed by atoms with E-state index in [0.29, 0.717) is 12.5 Å². The number of aliphatic hydroxyl groups excluding tert-OH is 1. The number of nitrogens with one attached hydrogen (secondary N) is 2. The van der Waals surface area contributed by atoms with Crippen LogP contribution in [0, 0.1) is 23.7 Å². The molecule has 2 bridgehead atoms. The highest BCUT2D eigenvalue weighted by atomic mass is 16.3. The summed E-state index contributed by atoms with van der Waals surface area (Å²) in [6.07, 6.45) is 4.77. The van der Waals surface area contributed by atoms with Gasteiger partial charge in [0.05, 0.1) is 12.6 Å². The molecule has 4 heteroatoms. The molecule has 1 aromatic rings. The van der Waals surface area contributed by atoms with Crippen molar-refractivity contribution in [2.45, 2.75) is 37.8 Å². The highest BCUT2D eigenvalue weighted by Gasteiger charge is 2.65. The lowest BCUT2D eigenvalue weighted by molar-refractivity contribution is 0.214. The molecule has 0 unspecified atom stereocenters. The fourth-order valence-corrected chi connectivity index (χ4v) is 4.96. The summed E-state index contributed by atoms with van der Waals surface area (Å²) in [7, 11) is 0. The maximum atomic E-state index is 12.2. The Labute approximate surface area is 131 Å². The number of hydrogen-bond donors (Lipinski definition) is 3. The quantitative estimate of drug-likeness (QED) is 0.778. The maximum absolute atomic E-state index is 12.2. The number of hydrogen-bond acceptors (Lipinski definition) is 2. The Balaban J connectivity index is 1.28. The Morgan fingerprint density at radius 1 is 1.18 bits per heavy atom. The molecule has 0 spiro atoms. The first kappa shape index (κ1) is 14.1. The Bertz CT molecular complexity index is 531. The number of fused-ring (bicyclic) bond motifs is 5. The number of aliphatic hydroxyl groups is 1. The summed E-state index contributed by atoms with van der Waals surface area (Å²) in [5.74, 6) is 3.20. The molecule has 0 radical (unpaired) electrons. The van der Waals surface area contributed by atoms with E-state index >= 15 is 0 Å². The van der Waals surface area contributed by atoms with Gasteiger partial charge in [-0.15, -0.1) is 0 Å². The van der Waals surface area contributed by atoms with Crippen LogP contribution in [0.25, 0.3) is 0 Å². The van der Waals surface area contributed by atoms with Crippen molar-refractivity contribution in [2.24, 2.45) is 23.7 Å². The summed E-state index contributed by atoms with van der Waals surface area (Å²) in [4.78, 5) is 12.2. The Morgan fingerprint density at radius 2 is 1.86 bits per heavy atom. The largest absolute Gasteiger partial charge is 0.394 e. The highest BCUT2D eigenvalue weighted by Crippen LogP contribution is 2.65. The molecule has 3 saturated carbocycles. The molecule has 2 amide bonds. The molecular formula is C18H24N2O2. The molecule has 3 fully saturated rings. The van der Waals surface area contributed by atoms with E-state index in [9.17, 15) is 9.90 Å². The van der Waals surface area contributed by atoms with E-state index < -0.39 is 0 Å². The standard InChI is InChI=1S/C18H24N2O2/c21-10-14(8-11-4-2-1-3-5-11)19-18(22)20-17-15-12-6-7-13(9-12)16(15)17/h1-5,12-17,21H,6-10H2,(H2,19,20,22)/t12-,13-,14-,15-,16-/m0/s1. The van der Waals surface area contributed by atoms with Gasteiger partial charge in [-0.3, -0.25) is 0 Å². The average Bonchev–Trinajstić information content (AvgIpc) is 2.93. The van der Waals surface area contributed by atoms with Crippen LogP contribution in [0.2, 0.25) is 0 Å². The van der Waals surface area contributed by atoms with Gasteiger partial charge in [-0.25, -0.2) is 4.79 Å². The molecule has 0 heterocycles. The number of rotatable bonds is 5. The second-order valence-electron chi connectivity index (χ2n) is 7.20. The molecule has 0 aliphatic heterocycles. The summed E-state index contributed by atoms with van der Waals surface area (Å²) in [6, 6.07) is 10.0. The summed E-state index contributed by atoms with van der Waals surface area (Å²) in [5, 5.41) is 15.6. The van der Waals surface area contributed by atoms with E-state index in [2.05, 4.69) is 10.6 Å². The van der Waals surface area contributed by atoms with Crippen LogP contribution < -0.4 is 10.6 Å². The normalized spacial score (nSPS) is 35.8. The minimum Gasteiger partial charge on any atom is -0.394 e. The van der Waals surface area contributed by atoms with Crippen molar-refractivity contribution in [3.63, 3.8) is 0 Å². The van der Waals surface area contributed by atoms with Crippen LogP contribution >= 0.6 is 0 Å². The molecule has 3 aliphatic rings. The van der Waals surface area contributed by atoms with Gasteiger partial charge >= 0.3 is 6.03 Å². The van der Waals surface area contributed by atoms with Crippen LogP contribution in [0.5, 0.6) is 0 Å². The molecule has 5 atom stereocenters. The monoisotopic (exact) mass is 300 g/mol. The van der Waals surface area contributed by atoms with Crippen molar-refractivity contribution in [3.8, 4) is 0 Å². The molecule has 3 N–H and O–H groups in total. The van der Waals surface area contributed by atoms with Gasteiger partial charge in [-0.2, -0.15) is 0 Å². The Morgan fingerprint density at radius 3 is 2.50 bits per heavy atom. The third kappa shape index (κ3) is 2.50. The van der Waals surface area contributed by atoms with E-state index in [1.165, 1.54) is 19.3 Å². The van der Waals surface area contributed by atoms with Crippen LogP contribution in [0.15, 0.2) is 30.3 Å². The van der Waals surface area contributed by atoms with Gasteiger partial charge in [-0.05, 0) is 54.9 Å². The van der Waals surface area contributed by atoms with E-state index in [1.807, 2.05) is 30.3 Å². The van der Waals surface area contributed by atoms with Crippen LogP contribution in [0.3, 0.4) is 0 Å². The molecule has 0 saturated heterocycles. The first-order valence-corrected chi connectivity index (χ1v) is 8.48. The molecule has 1 aromatic carbocycles. The zero-order valence-electron chi connectivity index (χ0n) is 12.7. The lowest BCUT2D eigenvalue weighted by Crippen LogP contribution is -2.46. The number of amides is 2. The van der Waals surface area contributed by atoms with Gasteiger partial charge < -0.3 is 15.7 Å². The first-order valence-electron chi connectivity index (χ1n) is 8.48. The second kappa shape index (κ2) is 5.58. The summed E-state index contributed by atoms with van der Waals surface area (Å²) < 4.78 is 0. The molecule has 4 rings (SSSR count). The van der Waals surface area contributed by atoms with Crippen LogP contribution in [-0.2, 0) is 6.42 Å². The third-order valence-corrected chi connectivity index (χ3v) is 5.91. The zero-order chi connectivity index (χ0) is 15.1. The maximum Gasteiger partial charge on any atom is 0.315 e. The van der Waals surface area contributed by atoms with Crippen molar-refractivity contribution in [1.82, 2.24) is 10.6 Å². The predicted molar refractivity (Wildman–Crippen MR) is 84.3 cm³/mol. The van der Waals surface area contributed by atoms with Crippen molar-refractivity contribution in [2.75, 3.05) is 6.61 Å².